The Morgan fingerprint density at radius 3 is 2.71 bits per heavy atom. The van der Waals surface area contributed by atoms with Crippen LogP contribution < -0.4 is 9.62 Å². The highest BCUT2D eigenvalue weighted by atomic mass is 32.2. The quantitative estimate of drug-likeness (QED) is 0.927. The number of carbonyl (C=O) groups excluding carboxylic acids is 1. The monoisotopic (exact) mass is 348 g/mol. The fraction of sp³-hybridized carbons (Fsp3) is 0.235. The van der Waals surface area contributed by atoms with Crippen molar-refractivity contribution in [1.82, 2.24) is 0 Å². The van der Waals surface area contributed by atoms with Gasteiger partial charge in [0, 0.05) is 17.8 Å². The van der Waals surface area contributed by atoms with E-state index in [2.05, 4.69) is 5.32 Å². The summed E-state index contributed by atoms with van der Waals surface area (Å²) in [6.07, 6.45) is 2.59. The van der Waals surface area contributed by atoms with Crippen LogP contribution in [0.1, 0.15) is 22.3 Å². The van der Waals surface area contributed by atoms with Crippen molar-refractivity contribution >= 4 is 27.3 Å². The first-order chi connectivity index (χ1) is 11.3. The first-order valence-corrected chi connectivity index (χ1v) is 9.37. The Bertz CT molecular complexity index is 896. The number of sulfonamides is 1. The maximum atomic E-state index is 13.2. The van der Waals surface area contributed by atoms with Gasteiger partial charge in [0.15, 0.2) is 0 Å². The number of nitrogens with zero attached hydrogens (tertiary/aromatic N) is 1. The van der Waals surface area contributed by atoms with E-state index in [-0.39, 0.29) is 5.91 Å². The molecule has 0 unspecified atom stereocenters. The summed E-state index contributed by atoms with van der Waals surface area (Å²) in [6, 6.07) is 10.6. The molecule has 0 saturated heterocycles. The van der Waals surface area contributed by atoms with E-state index in [1.165, 1.54) is 28.8 Å². The molecule has 7 heteroatoms. The van der Waals surface area contributed by atoms with Crippen LogP contribution in [0, 0.1) is 5.82 Å². The number of amides is 1. The number of halogens is 1. The van der Waals surface area contributed by atoms with E-state index >= 15 is 0 Å². The first kappa shape index (κ1) is 16.4. The Hall–Kier alpha value is -2.41. The molecule has 126 valence electrons. The van der Waals surface area contributed by atoms with Crippen LogP contribution in [0.5, 0.6) is 0 Å². The lowest BCUT2D eigenvalue weighted by Crippen LogP contribution is -2.34. The zero-order valence-electron chi connectivity index (χ0n) is 13.1. The van der Waals surface area contributed by atoms with Crippen LogP contribution in [-0.4, -0.2) is 27.1 Å². The fourth-order valence-corrected chi connectivity index (χ4v) is 3.81. The minimum Gasteiger partial charge on any atom is -0.322 e. The lowest BCUT2D eigenvalue weighted by molar-refractivity contribution is 0.102. The average molecular weight is 348 g/mol. The lowest BCUT2D eigenvalue weighted by Gasteiger charge is -2.29. The minimum absolute atomic E-state index is 0.361. The van der Waals surface area contributed by atoms with Gasteiger partial charge in [0.25, 0.3) is 5.91 Å². The molecule has 1 amide bonds. The molecule has 2 aromatic carbocycles. The number of aryl methyl sites for hydroxylation is 1. The van der Waals surface area contributed by atoms with Crippen LogP contribution in [-0.2, 0) is 16.4 Å². The maximum Gasteiger partial charge on any atom is 0.255 e. The number of hydrogen-bond acceptors (Lipinski definition) is 3. The third-order valence-electron chi connectivity index (χ3n) is 3.90. The molecule has 3 rings (SSSR count). The zero-order valence-corrected chi connectivity index (χ0v) is 13.9. The van der Waals surface area contributed by atoms with Gasteiger partial charge in [-0.2, -0.15) is 0 Å². The number of anilines is 2. The Labute approximate surface area is 140 Å². The molecule has 24 heavy (non-hydrogen) atoms. The largest absolute Gasteiger partial charge is 0.322 e. The molecule has 0 aliphatic carbocycles. The van der Waals surface area contributed by atoms with Crippen molar-refractivity contribution in [2.24, 2.45) is 0 Å². The highest BCUT2D eigenvalue weighted by molar-refractivity contribution is 7.92. The molecule has 0 aromatic heterocycles. The number of hydrogen-bond donors (Lipinski definition) is 1. The summed E-state index contributed by atoms with van der Waals surface area (Å²) < 4.78 is 38.3. The van der Waals surface area contributed by atoms with E-state index in [9.17, 15) is 17.6 Å². The molecule has 0 saturated carbocycles. The minimum atomic E-state index is -3.33. The standard InChI is InChI=1S/C17H17FN2O3S/c1-24(22,23)20-9-3-4-12-10-13(7-8-16(12)20)17(21)19-15-6-2-5-14(18)11-15/h2,5-8,10-11H,3-4,9H2,1H3,(H,19,21). The van der Waals surface area contributed by atoms with Gasteiger partial charge in [0.1, 0.15) is 5.82 Å². The summed E-state index contributed by atoms with van der Waals surface area (Å²) in [5.41, 5.74) is 2.22. The van der Waals surface area contributed by atoms with Crippen LogP contribution in [0.25, 0.3) is 0 Å². The second-order valence-corrected chi connectivity index (χ2v) is 7.65. The first-order valence-electron chi connectivity index (χ1n) is 7.52. The molecule has 2 aromatic rings. The van der Waals surface area contributed by atoms with Crippen molar-refractivity contribution in [3.8, 4) is 0 Å². The summed E-state index contributed by atoms with van der Waals surface area (Å²) in [4.78, 5) is 12.3. The third kappa shape index (κ3) is 3.41. The highest BCUT2D eigenvalue weighted by Gasteiger charge is 2.24. The average Bonchev–Trinajstić information content (AvgIpc) is 2.53. The molecule has 1 heterocycles. The van der Waals surface area contributed by atoms with Gasteiger partial charge in [-0.05, 0) is 54.8 Å². The highest BCUT2D eigenvalue weighted by Crippen LogP contribution is 2.30. The smallest absolute Gasteiger partial charge is 0.255 e. The molecule has 1 aliphatic rings. The van der Waals surface area contributed by atoms with Crippen molar-refractivity contribution in [2.75, 3.05) is 22.4 Å². The van der Waals surface area contributed by atoms with Crippen LogP contribution >= 0.6 is 0 Å². The van der Waals surface area contributed by atoms with Crippen molar-refractivity contribution in [2.45, 2.75) is 12.8 Å². The van der Waals surface area contributed by atoms with Gasteiger partial charge in [-0.1, -0.05) is 6.07 Å². The number of rotatable bonds is 3. The van der Waals surface area contributed by atoms with Gasteiger partial charge >= 0.3 is 0 Å². The summed E-state index contributed by atoms with van der Waals surface area (Å²) in [5.74, 6) is -0.790. The number of fused-ring (bicyclic) bond motifs is 1. The molecule has 0 radical (unpaired) electrons. The Kier molecular flexibility index (Phi) is 4.28. The number of benzene rings is 2. The zero-order chi connectivity index (χ0) is 17.3. The van der Waals surface area contributed by atoms with E-state index in [4.69, 9.17) is 0 Å². The normalized spacial score (nSPS) is 14.2. The number of nitrogens with one attached hydrogen (secondary N) is 1. The summed E-state index contributed by atoms with van der Waals surface area (Å²) >= 11 is 0. The molecular formula is C17H17FN2O3S. The maximum absolute atomic E-state index is 13.2. The van der Waals surface area contributed by atoms with Crippen LogP contribution in [0.2, 0.25) is 0 Å². The molecular weight excluding hydrogens is 331 g/mol. The van der Waals surface area contributed by atoms with Crippen molar-refractivity contribution < 1.29 is 17.6 Å². The van der Waals surface area contributed by atoms with E-state index in [0.717, 1.165) is 5.56 Å². The summed E-state index contributed by atoms with van der Waals surface area (Å²) in [5, 5.41) is 2.64. The molecule has 1 aliphatic heterocycles. The second-order valence-electron chi connectivity index (χ2n) is 5.75. The Balaban J connectivity index is 1.87. The molecule has 0 spiro atoms. The van der Waals surface area contributed by atoms with Crippen LogP contribution in [0.15, 0.2) is 42.5 Å². The van der Waals surface area contributed by atoms with Gasteiger partial charge < -0.3 is 5.32 Å². The van der Waals surface area contributed by atoms with E-state index < -0.39 is 15.8 Å². The van der Waals surface area contributed by atoms with Crippen LogP contribution in [0.4, 0.5) is 15.8 Å². The molecule has 5 nitrogen and oxygen atoms in total. The topological polar surface area (TPSA) is 66.5 Å². The second kappa shape index (κ2) is 6.24. The van der Waals surface area contributed by atoms with Crippen molar-refractivity contribution in [1.29, 1.82) is 0 Å². The van der Waals surface area contributed by atoms with E-state index in [0.29, 0.717) is 36.3 Å². The molecule has 0 atom stereocenters. The lowest BCUT2D eigenvalue weighted by atomic mass is 10.0. The van der Waals surface area contributed by atoms with Crippen molar-refractivity contribution in [3.63, 3.8) is 0 Å². The predicted octanol–water partition coefficient (Wildman–Crippen LogP) is 2.79. The van der Waals surface area contributed by atoms with Gasteiger partial charge in [-0.3, -0.25) is 9.10 Å². The SMILES string of the molecule is CS(=O)(=O)N1CCCc2cc(C(=O)Nc3cccc(F)c3)ccc21. The summed E-state index contributed by atoms with van der Waals surface area (Å²) in [7, 11) is -3.33. The Morgan fingerprint density at radius 2 is 2.00 bits per heavy atom. The van der Waals surface area contributed by atoms with E-state index in [1.807, 2.05) is 0 Å². The summed E-state index contributed by atoms with van der Waals surface area (Å²) in [6.45, 7) is 0.445. The van der Waals surface area contributed by atoms with E-state index in [1.54, 1.807) is 24.3 Å². The molecule has 0 fully saturated rings. The van der Waals surface area contributed by atoms with Gasteiger partial charge in [-0.15, -0.1) is 0 Å². The molecule has 1 N–H and O–H groups in total. The number of carbonyl (C=O) groups is 1. The van der Waals surface area contributed by atoms with Crippen LogP contribution in [0.3, 0.4) is 0 Å². The van der Waals surface area contributed by atoms with Gasteiger partial charge in [0.2, 0.25) is 10.0 Å². The Morgan fingerprint density at radius 1 is 1.21 bits per heavy atom. The van der Waals surface area contributed by atoms with Gasteiger partial charge in [-0.25, -0.2) is 12.8 Å². The van der Waals surface area contributed by atoms with Gasteiger partial charge in [0.05, 0.1) is 11.9 Å². The van der Waals surface area contributed by atoms with Crippen molar-refractivity contribution in [3.05, 3.63) is 59.4 Å². The molecule has 0 bridgehead atoms. The third-order valence-corrected chi connectivity index (χ3v) is 5.08. The fourth-order valence-electron chi connectivity index (χ4n) is 2.82. The predicted molar refractivity (Wildman–Crippen MR) is 91.3 cm³/mol.